The normalized spacial score (nSPS) is 27.0. The van der Waals surface area contributed by atoms with E-state index in [0.29, 0.717) is 12.8 Å². The predicted octanol–water partition coefficient (Wildman–Crippen LogP) is 3.57. The molecule has 1 N–H and O–H groups in total. The minimum atomic E-state index is -4.65. The summed E-state index contributed by atoms with van der Waals surface area (Å²) in [5.41, 5.74) is -1.88. The molecule has 0 saturated heterocycles. The highest BCUT2D eigenvalue weighted by molar-refractivity contribution is 9.10. The third kappa shape index (κ3) is 2.04. The fourth-order valence-electron chi connectivity index (χ4n) is 1.71. The summed E-state index contributed by atoms with van der Waals surface area (Å²) in [6.07, 6.45) is -2.48. The zero-order chi connectivity index (χ0) is 11.0. The lowest BCUT2D eigenvalue weighted by Gasteiger charge is -2.42. The van der Waals surface area contributed by atoms with Crippen molar-refractivity contribution in [3.8, 4) is 0 Å². The van der Waals surface area contributed by atoms with Crippen LogP contribution in [-0.4, -0.2) is 20.7 Å². The summed E-state index contributed by atoms with van der Waals surface area (Å²) in [6, 6.07) is 0. The first kappa shape index (κ1) is 12.6. The van der Waals surface area contributed by atoms with Gasteiger partial charge in [0.25, 0.3) is 0 Å². The molecule has 0 heterocycles. The van der Waals surface area contributed by atoms with Crippen molar-refractivity contribution in [1.29, 1.82) is 0 Å². The van der Waals surface area contributed by atoms with Crippen LogP contribution >= 0.6 is 27.5 Å². The van der Waals surface area contributed by atoms with Gasteiger partial charge in [0.1, 0.15) is 5.60 Å². The zero-order valence-corrected chi connectivity index (χ0v) is 9.71. The molecule has 0 bridgehead atoms. The zero-order valence-electron chi connectivity index (χ0n) is 7.37. The van der Waals surface area contributed by atoms with Crippen LogP contribution in [0.5, 0.6) is 0 Å². The Hall–Kier alpha value is 0.520. The van der Waals surface area contributed by atoms with Crippen molar-refractivity contribution in [2.24, 2.45) is 0 Å². The molecule has 84 valence electrons. The van der Waals surface area contributed by atoms with Crippen LogP contribution in [0.25, 0.3) is 0 Å². The van der Waals surface area contributed by atoms with Crippen LogP contribution in [0.1, 0.15) is 32.1 Å². The van der Waals surface area contributed by atoms with Gasteiger partial charge in [0, 0.05) is 0 Å². The van der Waals surface area contributed by atoms with Crippen molar-refractivity contribution in [2.75, 3.05) is 0 Å². The van der Waals surface area contributed by atoms with E-state index in [0.717, 1.165) is 6.42 Å². The molecule has 0 aromatic heterocycles. The second-order valence-electron chi connectivity index (χ2n) is 3.66. The van der Waals surface area contributed by atoms with Crippen LogP contribution in [0.2, 0.25) is 0 Å². The topological polar surface area (TPSA) is 20.2 Å². The average Bonchev–Trinajstić information content (AvgIpc) is 2.03. The summed E-state index contributed by atoms with van der Waals surface area (Å²) in [5.74, 6) is 0. The van der Waals surface area contributed by atoms with E-state index in [1.54, 1.807) is 0 Å². The Morgan fingerprint density at radius 1 is 1.14 bits per heavy atom. The summed E-state index contributed by atoms with van der Waals surface area (Å²) in [4.78, 5) is 0. The third-order valence-corrected chi connectivity index (χ3v) is 4.37. The predicted molar refractivity (Wildman–Crippen MR) is 51.6 cm³/mol. The van der Waals surface area contributed by atoms with Gasteiger partial charge in [-0.1, -0.05) is 46.8 Å². The smallest absolute Gasteiger partial charge is 0.387 e. The van der Waals surface area contributed by atoms with E-state index >= 15 is 0 Å². The van der Waals surface area contributed by atoms with Crippen LogP contribution in [0.3, 0.4) is 0 Å². The largest absolute Gasteiger partial charge is 0.420 e. The Morgan fingerprint density at radius 2 is 1.57 bits per heavy atom. The second kappa shape index (κ2) is 3.83. The molecule has 0 spiro atoms. The summed E-state index contributed by atoms with van der Waals surface area (Å²) < 4.78 is 34.9. The molecule has 0 radical (unpaired) electrons. The maximum absolute atomic E-state index is 12.5. The van der Waals surface area contributed by atoms with E-state index in [1.807, 2.05) is 0 Å². The van der Waals surface area contributed by atoms with Gasteiger partial charge in [-0.15, -0.1) is 0 Å². The lowest BCUT2D eigenvalue weighted by Crippen LogP contribution is -2.55. The van der Waals surface area contributed by atoms with Crippen molar-refractivity contribution in [2.45, 2.75) is 47.7 Å². The first-order chi connectivity index (χ1) is 6.21. The number of alkyl halides is 5. The molecule has 1 aliphatic carbocycles. The molecule has 14 heavy (non-hydrogen) atoms. The molecule has 0 aromatic carbocycles. The van der Waals surface area contributed by atoms with Gasteiger partial charge in [0.05, 0.1) is 0 Å². The van der Waals surface area contributed by atoms with Crippen molar-refractivity contribution >= 4 is 27.5 Å². The summed E-state index contributed by atoms with van der Waals surface area (Å²) in [7, 11) is 0. The van der Waals surface area contributed by atoms with Gasteiger partial charge in [-0.2, -0.15) is 13.2 Å². The fourth-order valence-corrected chi connectivity index (χ4v) is 2.30. The SMILES string of the molecule is OC1(C(Cl)(Br)C(F)(F)F)CCCCC1. The molecule has 1 fully saturated rings. The molecular formula is C8H11BrClF3O. The van der Waals surface area contributed by atoms with Gasteiger partial charge in [0.15, 0.2) is 0 Å². The highest BCUT2D eigenvalue weighted by Gasteiger charge is 2.64. The van der Waals surface area contributed by atoms with Crippen LogP contribution in [0.4, 0.5) is 13.2 Å². The van der Waals surface area contributed by atoms with Gasteiger partial charge < -0.3 is 5.11 Å². The highest BCUT2D eigenvalue weighted by atomic mass is 79.9. The number of hydrogen-bond acceptors (Lipinski definition) is 1. The van der Waals surface area contributed by atoms with E-state index in [2.05, 4.69) is 15.9 Å². The summed E-state index contributed by atoms with van der Waals surface area (Å²) >= 11 is 7.78. The van der Waals surface area contributed by atoms with E-state index in [-0.39, 0.29) is 12.8 Å². The van der Waals surface area contributed by atoms with E-state index < -0.39 is 15.6 Å². The van der Waals surface area contributed by atoms with Gasteiger partial charge in [-0.05, 0) is 12.8 Å². The van der Waals surface area contributed by atoms with Crippen LogP contribution in [-0.2, 0) is 0 Å². The number of halogens is 5. The lowest BCUT2D eigenvalue weighted by molar-refractivity contribution is -0.186. The molecule has 0 aromatic rings. The number of hydrogen-bond donors (Lipinski definition) is 1. The Morgan fingerprint density at radius 3 is 1.93 bits per heavy atom. The van der Waals surface area contributed by atoms with Crippen LogP contribution in [0, 0.1) is 0 Å². The monoisotopic (exact) mass is 294 g/mol. The molecule has 1 nitrogen and oxygen atoms in total. The second-order valence-corrected chi connectivity index (χ2v) is 5.88. The maximum atomic E-state index is 12.5. The number of aliphatic hydroxyl groups is 1. The molecular weight excluding hydrogens is 284 g/mol. The van der Waals surface area contributed by atoms with Crippen molar-refractivity contribution in [3.63, 3.8) is 0 Å². The molecule has 0 amide bonds. The molecule has 1 aliphatic rings. The van der Waals surface area contributed by atoms with Gasteiger partial charge in [-0.25, -0.2) is 0 Å². The molecule has 6 heteroatoms. The van der Waals surface area contributed by atoms with E-state index in [4.69, 9.17) is 11.6 Å². The molecule has 1 saturated carbocycles. The first-order valence-electron chi connectivity index (χ1n) is 4.38. The Kier molecular flexibility index (Phi) is 3.44. The van der Waals surface area contributed by atoms with E-state index in [1.165, 1.54) is 0 Å². The third-order valence-electron chi connectivity index (χ3n) is 2.62. The van der Waals surface area contributed by atoms with Crippen LogP contribution < -0.4 is 0 Å². The molecule has 1 unspecified atom stereocenters. The lowest BCUT2D eigenvalue weighted by atomic mass is 9.82. The van der Waals surface area contributed by atoms with Crippen molar-refractivity contribution < 1.29 is 18.3 Å². The molecule has 0 aliphatic heterocycles. The Labute approximate surface area is 93.7 Å². The number of rotatable bonds is 1. The quantitative estimate of drug-likeness (QED) is 0.733. The molecule has 1 rings (SSSR count). The van der Waals surface area contributed by atoms with Gasteiger partial charge in [0.2, 0.25) is 3.78 Å². The van der Waals surface area contributed by atoms with Gasteiger partial charge >= 0.3 is 6.18 Å². The van der Waals surface area contributed by atoms with Gasteiger partial charge in [-0.3, -0.25) is 0 Å². The van der Waals surface area contributed by atoms with Crippen molar-refractivity contribution in [3.05, 3.63) is 0 Å². The van der Waals surface area contributed by atoms with E-state index in [9.17, 15) is 18.3 Å². The highest BCUT2D eigenvalue weighted by Crippen LogP contribution is 2.53. The average molecular weight is 296 g/mol. The fraction of sp³-hybridized carbons (Fsp3) is 1.00. The Bertz CT molecular complexity index is 211. The van der Waals surface area contributed by atoms with Crippen LogP contribution in [0.15, 0.2) is 0 Å². The molecule has 1 atom stereocenters. The first-order valence-corrected chi connectivity index (χ1v) is 5.55. The standard InChI is InChI=1S/C8H11BrClF3O/c9-7(10,8(11,12)13)6(14)4-2-1-3-5-6/h14H,1-5H2. The minimum absolute atomic E-state index is 0.0846. The Balaban J connectivity index is 2.89. The van der Waals surface area contributed by atoms with Crippen molar-refractivity contribution in [1.82, 2.24) is 0 Å². The maximum Gasteiger partial charge on any atom is 0.420 e. The summed E-state index contributed by atoms with van der Waals surface area (Å²) in [6.45, 7) is 0. The summed E-state index contributed by atoms with van der Waals surface area (Å²) in [5, 5.41) is 9.84. The minimum Gasteiger partial charge on any atom is -0.387 e.